The molecule has 0 atom stereocenters. The highest BCUT2D eigenvalue weighted by Crippen LogP contribution is 2.31. The lowest BCUT2D eigenvalue weighted by Gasteiger charge is -2.02. The largest absolute Gasteiger partial charge is 0.350 e. The van der Waals surface area contributed by atoms with E-state index in [1.807, 2.05) is 13.8 Å². The summed E-state index contributed by atoms with van der Waals surface area (Å²) in [7, 11) is 0. The first kappa shape index (κ1) is 14.6. The molecule has 8 heteroatoms. The zero-order chi connectivity index (χ0) is 14.4. The SMILES string of the molecule is CCC(CC)=NOc1ccc([N+](=O)[O-])cc1[N+](=O)[O-]. The Kier molecular flexibility index (Phi) is 4.92. The van der Waals surface area contributed by atoms with Gasteiger partial charge in [-0.05, 0) is 18.9 Å². The molecule has 0 unspecified atom stereocenters. The lowest BCUT2D eigenvalue weighted by molar-refractivity contribution is -0.394. The van der Waals surface area contributed by atoms with Crippen molar-refractivity contribution in [3.8, 4) is 5.75 Å². The monoisotopic (exact) mass is 267 g/mol. The topological polar surface area (TPSA) is 108 Å². The molecule has 0 spiro atoms. The molecule has 0 saturated heterocycles. The number of hydrogen-bond acceptors (Lipinski definition) is 6. The summed E-state index contributed by atoms with van der Waals surface area (Å²) in [6.07, 6.45) is 1.33. The van der Waals surface area contributed by atoms with Gasteiger partial charge in [0.2, 0.25) is 5.75 Å². The second-order valence-electron chi connectivity index (χ2n) is 3.62. The zero-order valence-electron chi connectivity index (χ0n) is 10.5. The normalized spacial score (nSPS) is 9.79. The van der Waals surface area contributed by atoms with E-state index in [9.17, 15) is 20.2 Å². The average Bonchev–Trinajstić information content (AvgIpc) is 2.39. The Hall–Kier alpha value is -2.51. The number of oxime groups is 1. The van der Waals surface area contributed by atoms with Crippen molar-refractivity contribution >= 4 is 17.1 Å². The molecular formula is C11H13N3O5. The summed E-state index contributed by atoms with van der Waals surface area (Å²) in [6, 6.07) is 3.15. The van der Waals surface area contributed by atoms with Crippen LogP contribution in [0.15, 0.2) is 23.4 Å². The van der Waals surface area contributed by atoms with Crippen molar-refractivity contribution < 1.29 is 14.7 Å². The van der Waals surface area contributed by atoms with Crippen molar-refractivity contribution in [3.05, 3.63) is 38.4 Å². The average molecular weight is 267 g/mol. The van der Waals surface area contributed by atoms with Gasteiger partial charge in [-0.15, -0.1) is 0 Å². The van der Waals surface area contributed by atoms with Crippen LogP contribution in [0.3, 0.4) is 0 Å². The van der Waals surface area contributed by atoms with Crippen LogP contribution in [0.1, 0.15) is 26.7 Å². The van der Waals surface area contributed by atoms with Gasteiger partial charge >= 0.3 is 5.69 Å². The third-order valence-corrected chi connectivity index (χ3v) is 2.44. The molecule has 1 aromatic carbocycles. The number of nitrogens with zero attached hydrogens (tertiary/aromatic N) is 3. The predicted octanol–water partition coefficient (Wildman–Crippen LogP) is 3.06. The van der Waals surface area contributed by atoms with Gasteiger partial charge in [0.1, 0.15) is 0 Å². The van der Waals surface area contributed by atoms with Crippen LogP contribution in [0, 0.1) is 20.2 Å². The van der Waals surface area contributed by atoms with Gasteiger partial charge in [0.05, 0.1) is 21.6 Å². The Morgan fingerprint density at radius 3 is 2.32 bits per heavy atom. The molecule has 1 aromatic rings. The molecule has 0 aliphatic carbocycles. The Labute approximate surface area is 109 Å². The molecule has 102 valence electrons. The lowest BCUT2D eigenvalue weighted by Crippen LogP contribution is -2.00. The minimum atomic E-state index is -0.741. The lowest BCUT2D eigenvalue weighted by atomic mass is 10.2. The van der Waals surface area contributed by atoms with E-state index in [4.69, 9.17) is 4.84 Å². The molecule has 0 aromatic heterocycles. The predicted molar refractivity (Wildman–Crippen MR) is 68.4 cm³/mol. The number of nitro groups is 2. The number of benzene rings is 1. The molecule has 0 radical (unpaired) electrons. The van der Waals surface area contributed by atoms with E-state index in [1.54, 1.807) is 0 Å². The van der Waals surface area contributed by atoms with Crippen LogP contribution in [-0.4, -0.2) is 15.6 Å². The highest BCUT2D eigenvalue weighted by Gasteiger charge is 2.21. The first-order valence-electron chi connectivity index (χ1n) is 5.65. The molecule has 1 rings (SSSR count). The molecule has 0 heterocycles. The molecule has 0 aliphatic heterocycles. The minimum Gasteiger partial charge on any atom is -0.350 e. The van der Waals surface area contributed by atoms with E-state index >= 15 is 0 Å². The van der Waals surface area contributed by atoms with Crippen LogP contribution in [0.4, 0.5) is 11.4 Å². The molecule has 0 fully saturated rings. The number of non-ortho nitro benzene ring substituents is 1. The first-order valence-corrected chi connectivity index (χ1v) is 5.65. The highest BCUT2D eigenvalue weighted by atomic mass is 16.7. The van der Waals surface area contributed by atoms with Crippen molar-refractivity contribution in [1.29, 1.82) is 0 Å². The Morgan fingerprint density at radius 2 is 1.84 bits per heavy atom. The second-order valence-corrected chi connectivity index (χ2v) is 3.62. The summed E-state index contributed by atoms with van der Waals surface area (Å²) in [5.74, 6) is -0.116. The van der Waals surface area contributed by atoms with Crippen molar-refractivity contribution in [1.82, 2.24) is 0 Å². The number of nitro benzene ring substituents is 2. The molecule has 0 amide bonds. The van der Waals surface area contributed by atoms with Gasteiger partial charge < -0.3 is 4.84 Å². The van der Waals surface area contributed by atoms with Crippen LogP contribution in [0.5, 0.6) is 5.75 Å². The first-order chi connectivity index (χ1) is 8.99. The summed E-state index contributed by atoms with van der Waals surface area (Å²) in [5.41, 5.74) is -0.105. The maximum absolute atomic E-state index is 10.8. The van der Waals surface area contributed by atoms with Crippen LogP contribution in [0.25, 0.3) is 0 Å². The van der Waals surface area contributed by atoms with Gasteiger partial charge in [-0.3, -0.25) is 20.2 Å². The van der Waals surface area contributed by atoms with Crippen LogP contribution >= 0.6 is 0 Å². The maximum atomic E-state index is 10.8. The quantitative estimate of drug-likeness (QED) is 0.447. The summed E-state index contributed by atoms with van der Waals surface area (Å²) in [5, 5.41) is 25.2. The van der Waals surface area contributed by atoms with E-state index in [0.717, 1.165) is 17.8 Å². The molecule has 0 aliphatic rings. The van der Waals surface area contributed by atoms with Gasteiger partial charge in [-0.1, -0.05) is 19.0 Å². The summed E-state index contributed by atoms with van der Waals surface area (Å²) in [6.45, 7) is 3.77. The minimum absolute atomic E-state index is 0.116. The number of rotatable bonds is 6. The molecule has 8 nitrogen and oxygen atoms in total. The van der Waals surface area contributed by atoms with E-state index in [2.05, 4.69) is 5.16 Å². The van der Waals surface area contributed by atoms with Gasteiger partial charge in [0.15, 0.2) is 0 Å². The standard InChI is InChI=1S/C11H13N3O5/c1-3-8(4-2)12-19-11-6-5-9(13(15)16)7-10(11)14(17)18/h5-7H,3-4H2,1-2H3. The third kappa shape index (κ3) is 3.73. The fraction of sp³-hybridized carbons (Fsp3) is 0.364. The third-order valence-electron chi connectivity index (χ3n) is 2.44. The van der Waals surface area contributed by atoms with Gasteiger partial charge in [-0.25, -0.2) is 0 Å². The van der Waals surface area contributed by atoms with E-state index in [-0.39, 0.29) is 11.4 Å². The van der Waals surface area contributed by atoms with Crippen molar-refractivity contribution in [2.75, 3.05) is 0 Å². The summed E-state index contributed by atoms with van der Waals surface area (Å²) in [4.78, 5) is 25.0. The summed E-state index contributed by atoms with van der Waals surface area (Å²) < 4.78 is 0. The second kappa shape index (κ2) is 6.43. The van der Waals surface area contributed by atoms with Gasteiger partial charge in [0.25, 0.3) is 5.69 Å². The Balaban J connectivity index is 3.10. The summed E-state index contributed by atoms with van der Waals surface area (Å²) >= 11 is 0. The van der Waals surface area contributed by atoms with Crippen molar-refractivity contribution in [2.24, 2.45) is 5.16 Å². The Bertz CT molecular complexity index is 521. The van der Waals surface area contributed by atoms with Crippen molar-refractivity contribution in [2.45, 2.75) is 26.7 Å². The fourth-order valence-corrected chi connectivity index (χ4v) is 1.33. The van der Waals surface area contributed by atoms with Crippen LogP contribution in [-0.2, 0) is 0 Å². The molecule has 0 N–H and O–H groups in total. The molecular weight excluding hydrogens is 254 g/mol. The number of hydrogen-bond donors (Lipinski definition) is 0. The van der Waals surface area contributed by atoms with E-state index in [0.29, 0.717) is 12.8 Å². The van der Waals surface area contributed by atoms with Crippen LogP contribution in [0.2, 0.25) is 0 Å². The van der Waals surface area contributed by atoms with E-state index in [1.165, 1.54) is 6.07 Å². The molecule has 19 heavy (non-hydrogen) atoms. The van der Waals surface area contributed by atoms with Crippen LogP contribution < -0.4 is 4.84 Å². The van der Waals surface area contributed by atoms with Gasteiger partial charge in [-0.2, -0.15) is 0 Å². The molecule has 0 saturated carbocycles. The molecule has 0 bridgehead atoms. The Morgan fingerprint density at radius 1 is 1.21 bits per heavy atom. The van der Waals surface area contributed by atoms with Crippen molar-refractivity contribution in [3.63, 3.8) is 0 Å². The van der Waals surface area contributed by atoms with Gasteiger partial charge in [0, 0.05) is 6.07 Å². The highest BCUT2D eigenvalue weighted by molar-refractivity contribution is 5.83. The fourth-order valence-electron chi connectivity index (χ4n) is 1.33. The zero-order valence-corrected chi connectivity index (χ0v) is 10.5. The van der Waals surface area contributed by atoms with E-state index < -0.39 is 15.5 Å². The maximum Gasteiger partial charge on any atom is 0.321 e. The smallest absolute Gasteiger partial charge is 0.321 e.